The number of benzene rings is 2. The topological polar surface area (TPSA) is 173 Å². The molecular formula is C42H32N10O4. The van der Waals surface area contributed by atoms with Crippen LogP contribution in [0, 0.1) is 25.7 Å². The van der Waals surface area contributed by atoms with Gasteiger partial charge in [0.2, 0.25) is 11.8 Å². The summed E-state index contributed by atoms with van der Waals surface area (Å²) in [7, 11) is 0. The third-order valence-electron chi connectivity index (χ3n) is 12.7. The first-order valence-corrected chi connectivity index (χ1v) is 18.9. The highest BCUT2D eigenvalue weighted by molar-refractivity contribution is 5.86. The minimum Gasteiger partial charge on any atom is -0.337 e. The maximum atomic E-state index is 13.9. The van der Waals surface area contributed by atoms with Crippen molar-refractivity contribution in [1.29, 1.82) is 0 Å². The van der Waals surface area contributed by atoms with Crippen molar-refractivity contribution in [3.8, 4) is 11.3 Å². The Balaban J connectivity index is 0.769. The van der Waals surface area contributed by atoms with E-state index < -0.39 is 0 Å². The van der Waals surface area contributed by atoms with Gasteiger partial charge in [0.15, 0.2) is 11.6 Å². The zero-order valence-electron chi connectivity index (χ0n) is 30.3. The highest BCUT2D eigenvalue weighted by atomic mass is 16.5. The van der Waals surface area contributed by atoms with Gasteiger partial charge in [-0.15, -0.1) is 0 Å². The normalized spacial score (nSPS) is 22.6. The predicted octanol–water partition coefficient (Wildman–Crippen LogP) is 5.15. The molecule has 0 amide bonds. The lowest BCUT2D eigenvalue weighted by atomic mass is 9.96. The summed E-state index contributed by atoms with van der Waals surface area (Å²) >= 11 is 0. The van der Waals surface area contributed by atoms with E-state index in [0.717, 1.165) is 41.1 Å². The molecule has 12 rings (SSSR count). The number of hydrogen-bond acceptors (Lipinski definition) is 12. The highest BCUT2D eigenvalue weighted by Crippen LogP contribution is 2.67. The third kappa shape index (κ3) is 4.61. The van der Waals surface area contributed by atoms with Gasteiger partial charge in [-0.25, -0.2) is 9.97 Å². The molecule has 6 heterocycles. The molecule has 8 aromatic rings. The van der Waals surface area contributed by atoms with Crippen molar-refractivity contribution in [2.75, 3.05) is 0 Å². The van der Waals surface area contributed by atoms with E-state index in [4.69, 9.17) is 24.0 Å². The number of aromatic nitrogens is 10. The summed E-state index contributed by atoms with van der Waals surface area (Å²) in [5.74, 6) is 4.21. The van der Waals surface area contributed by atoms with E-state index in [2.05, 4.69) is 67.7 Å². The molecule has 0 saturated heterocycles. The number of nitrogens with zero attached hydrogens (tertiary/aromatic N) is 10. The first kappa shape index (κ1) is 31.6. The van der Waals surface area contributed by atoms with E-state index in [1.807, 2.05) is 13.8 Å². The zero-order chi connectivity index (χ0) is 37.4. The van der Waals surface area contributed by atoms with Gasteiger partial charge >= 0.3 is 0 Å². The van der Waals surface area contributed by atoms with Crippen molar-refractivity contribution in [2.45, 2.75) is 63.5 Å². The van der Waals surface area contributed by atoms with Gasteiger partial charge in [-0.2, -0.15) is 9.97 Å². The van der Waals surface area contributed by atoms with E-state index >= 15 is 0 Å². The van der Waals surface area contributed by atoms with Crippen molar-refractivity contribution < 1.29 is 9.05 Å². The molecule has 0 unspecified atom stereocenters. The largest absolute Gasteiger partial charge is 0.337 e. The van der Waals surface area contributed by atoms with E-state index in [1.54, 1.807) is 18.6 Å². The molecule has 0 radical (unpaired) electrons. The molecule has 56 heavy (non-hydrogen) atoms. The smallest absolute Gasteiger partial charge is 0.262 e. The molecule has 0 spiro atoms. The van der Waals surface area contributed by atoms with Crippen LogP contribution in [0.25, 0.3) is 33.1 Å². The summed E-state index contributed by atoms with van der Waals surface area (Å²) < 4.78 is 14.3. The van der Waals surface area contributed by atoms with Crippen molar-refractivity contribution in [3.05, 3.63) is 151 Å². The lowest BCUT2D eigenvalue weighted by molar-refractivity contribution is 0.364. The molecular weight excluding hydrogens is 709 g/mol. The number of fused-ring (bicyclic) bond motifs is 8. The summed E-state index contributed by atoms with van der Waals surface area (Å²) in [6.07, 6.45) is 9.87. The second-order valence-electron chi connectivity index (χ2n) is 15.7. The Morgan fingerprint density at radius 3 is 2.02 bits per heavy atom. The molecule has 0 N–H and O–H groups in total. The van der Waals surface area contributed by atoms with E-state index in [9.17, 15) is 9.59 Å². The summed E-state index contributed by atoms with van der Waals surface area (Å²) in [5, 5.41) is 9.71. The van der Waals surface area contributed by atoms with E-state index in [0.29, 0.717) is 63.1 Å². The first-order valence-electron chi connectivity index (χ1n) is 18.9. The van der Waals surface area contributed by atoms with Crippen LogP contribution < -0.4 is 11.1 Å². The molecule has 2 aromatic carbocycles. The van der Waals surface area contributed by atoms with Crippen LogP contribution in [0.4, 0.5) is 0 Å². The van der Waals surface area contributed by atoms with Gasteiger partial charge in [0.05, 0.1) is 52.5 Å². The van der Waals surface area contributed by atoms with Crippen molar-refractivity contribution in [3.63, 3.8) is 0 Å². The SMILES string of the molecule is Cc1cncc2ncn(Cc3nc([C@@H]4[C@H]5Cc6cc(-c7ncc8ncn(Cc9nc([C@H]%10[C@@H]%11Cc%12ccccc%12[C@@H]%11%10)no9)c(=O)c8c7C)ccc6[C@H]54)no3)c(=O)c12. The van der Waals surface area contributed by atoms with Crippen LogP contribution in [-0.2, 0) is 25.9 Å². The molecule has 2 fully saturated rings. The monoisotopic (exact) mass is 740 g/mol. The first-order chi connectivity index (χ1) is 27.4. The minimum atomic E-state index is -0.174. The van der Waals surface area contributed by atoms with Gasteiger partial charge in [-0.3, -0.25) is 28.7 Å². The van der Waals surface area contributed by atoms with Gasteiger partial charge in [0.1, 0.15) is 13.1 Å². The maximum absolute atomic E-state index is 13.9. The molecule has 4 aliphatic carbocycles. The fourth-order valence-corrected chi connectivity index (χ4v) is 9.91. The fourth-order valence-electron chi connectivity index (χ4n) is 9.91. The number of rotatable bonds is 7. The van der Waals surface area contributed by atoms with E-state index in [-0.39, 0.29) is 36.0 Å². The van der Waals surface area contributed by atoms with Crippen molar-refractivity contribution in [1.82, 2.24) is 49.4 Å². The Labute approximate surface area is 317 Å². The Kier molecular flexibility index (Phi) is 6.45. The highest BCUT2D eigenvalue weighted by Gasteiger charge is 2.59. The van der Waals surface area contributed by atoms with Gasteiger partial charge in [-0.05, 0) is 89.8 Å². The van der Waals surface area contributed by atoms with E-state index in [1.165, 1.54) is 44.0 Å². The maximum Gasteiger partial charge on any atom is 0.262 e. The van der Waals surface area contributed by atoms with Gasteiger partial charge in [-0.1, -0.05) is 46.7 Å². The second-order valence-corrected chi connectivity index (χ2v) is 15.7. The number of pyridine rings is 2. The fraction of sp³-hybridized carbons (Fsp3) is 0.286. The van der Waals surface area contributed by atoms with Crippen molar-refractivity contribution in [2.24, 2.45) is 11.8 Å². The lowest BCUT2D eigenvalue weighted by Crippen LogP contribution is -2.22. The predicted molar refractivity (Wildman–Crippen MR) is 201 cm³/mol. The second kappa shape index (κ2) is 11.4. The molecule has 0 aliphatic heterocycles. The molecule has 14 nitrogen and oxygen atoms in total. The number of aryl methyl sites for hydroxylation is 2. The van der Waals surface area contributed by atoms with Crippen LogP contribution in [0.15, 0.2) is 92.3 Å². The lowest BCUT2D eigenvalue weighted by Gasteiger charge is -2.12. The molecule has 6 aromatic heterocycles. The number of hydrogen-bond donors (Lipinski definition) is 0. The Morgan fingerprint density at radius 2 is 1.30 bits per heavy atom. The Hall–Kier alpha value is -6.70. The summed E-state index contributed by atoms with van der Waals surface area (Å²) in [4.78, 5) is 54.4. The van der Waals surface area contributed by atoms with Crippen LogP contribution in [0.5, 0.6) is 0 Å². The van der Waals surface area contributed by atoms with Crippen LogP contribution in [0.2, 0.25) is 0 Å². The van der Waals surface area contributed by atoms with Crippen LogP contribution >= 0.6 is 0 Å². The zero-order valence-corrected chi connectivity index (χ0v) is 30.3. The van der Waals surface area contributed by atoms with Gasteiger partial charge in [0, 0.05) is 23.6 Å². The third-order valence-corrected chi connectivity index (χ3v) is 12.7. The molecule has 6 atom stereocenters. The molecule has 4 aliphatic rings. The molecule has 0 bridgehead atoms. The van der Waals surface area contributed by atoms with Gasteiger partial charge < -0.3 is 9.05 Å². The van der Waals surface area contributed by atoms with Crippen LogP contribution in [0.1, 0.15) is 80.5 Å². The van der Waals surface area contributed by atoms with Crippen LogP contribution in [-0.4, -0.2) is 49.4 Å². The minimum absolute atomic E-state index is 0.145. The quantitative estimate of drug-likeness (QED) is 0.211. The van der Waals surface area contributed by atoms with Crippen molar-refractivity contribution >= 4 is 21.8 Å². The summed E-state index contributed by atoms with van der Waals surface area (Å²) in [5.41, 5.74) is 9.36. The van der Waals surface area contributed by atoms with Gasteiger partial charge in [0.25, 0.3) is 11.1 Å². The Bertz CT molecular complexity index is 3090. The molecule has 274 valence electrons. The van der Waals surface area contributed by atoms with Crippen LogP contribution in [0.3, 0.4) is 0 Å². The molecule has 2 saturated carbocycles. The molecule has 14 heteroatoms. The standard InChI is InChI=1S/C42H32N10O4/c1-19-12-43-13-28-32(19)41(53)51(17-45-28)15-30-47-40(50-55-30)37-27-11-23-9-22(7-8-25(23)35(27)37)38-20(2)33-29(14-44-38)46-18-52(42(33)54)16-31-48-39(49-56-31)36-26-10-21-5-3-4-6-24(21)34(26)36/h3-9,12-14,17-18,26-27,34-37H,10-11,15-16H2,1-2H3/t26-,27+,34+,35-,36+,37-/m1/s1. The average Bonchev–Trinajstić information content (AvgIpc) is 3.66. The Morgan fingerprint density at radius 1 is 0.679 bits per heavy atom. The summed E-state index contributed by atoms with van der Waals surface area (Å²) in [6, 6.07) is 15.0. The average molecular weight is 741 g/mol. The summed E-state index contributed by atoms with van der Waals surface area (Å²) in [6.45, 7) is 4.07.